The molecule has 0 saturated carbocycles. The zero-order valence-corrected chi connectivity index (χ0v) is 11.0. The van der Waals surface area contributed by atoms with Crippen molar-refractivity contribution in [2.24, 2.45) is 0 Å². The fraction of sp³-hybridized carbons (Fsp3) is 0.200. The first-order chi connectivity index (χ1) is 9.24. The Morgan fingerprint density at radius 1 is 1.16 bits per heavy atom. The predicted molar refractivity (Wildman–Crippen MR) is 75.7 cm³/mol. The van der Waals surface area contributed by atoms with Gasteiger partial charge in [-0.1, -0.05) is 17.7 Å². The summed E-state index contributed by atoms with van der Waals surface area (Å²) in [5.41, 5.74) is 4.32. The van der Waals surface area contributed by atoms with E-state index in [-0.39, 0.29) is 0 Å². The maximum Gasteiger partial charge on any atom is 0.133 e. The summed E-state index contributed by atoms with van der Waals surface area (Å²) in [6.45, 7) is 0. The third kappa shape index (κ3) is 2.54. The Bertz CT molecular complexity index is 674. The summed E-state index contributed by atoms with van der Waals surface area (Å²) in [6, 6.07) is 11.7. The molecular weight excluding hydrogens is 258 g/mol. The van der Waals surface area contributed by atoms with E-state index in [4.69, 9.17) is 16.9 Å². The minimum absolute atomic E-state index is 0.322. The number of hydrogen-bond donors (Lipinski definition) is 1. The van der Waals surface area contributed by atoms with Crippen molar-refractivity contribution in [3.8, 4) is 6.07 Å². The Hall–Kier alpha value is -2.05. The Labute approximate surface area is 116 Å². The van der Waals surface area contributed by atoms with Crippen LogP contribution in [-0.2, 0) is 12.8 Å². The van der Waals surface area contributed by atoms with Gasteiger partial charge in [0, 0.05) is 5.69 Å². The average molecular weight is 270 g/mol. The van der Waals surface area contributed by atoms with Crippen LogP contribution in [0, 0.1) is 11.3 Å². The number of nitrogens with zero attached hydrogens (tertiary/aromatic N) is 2. The van der Waals surface area contributed by atoms with Crippen molar-refractivity contribution in [2.75, 3.05) is 5.32 Å². The molecule has 1 aromatic carbocycles. The third-order valence-electron chi connectivity index (χ3n) is 3.29. The van der Waals surface area contributed by atoms with Gasteiger partial charge in [0.05, 0.1) is 11.6 Å². The van der Waals surface area contributed by atoms with E-state index in [1.807, 2.05) is 6.07 Å². The molecule has 1 aliphatic rings. The molecule has 1 N–H and O–H groups in total. The summed E-state index contributed by atoms with van der Waals surface area (Å²) in [6.07, 6.45) is 3.54. The maximum absolute atomic E-state index is 8.92. The number of nitrogens with one attached hydrogen (secondary N) is 1. The first-order valence-corrected chi connectivity index (χ1v) is 6.59. The van der Waals surface area contributed by atoms with Gasteiger partial charge in [-0.2, -0.15) is 5.26 Å². The van der Waals surface area contributed by atoms with E-state index >= 15 is 0 Å². The highest BCUT2D eigenvalue weighted by molar-refractivity contribution is 6.29. The van der Waals surface area contributed by atoms with Crippen LogP contribution in [0.1, 0.15) is 23.1 Å². The summed E-state index contributed by atoms with van der Waals surface area (Å²) >= 11 is 5.89. The predicted octanol–water partition coefficient (Wildman–Crippen LogP) is 3.84. The van der Waals surface area contributed by atoms with E-state index in [2.05, 4.69) is 28.5 Å². The highest BCUT2D eigenvalue weighted by atomic mass is 35.5. The molecule has 19 heavy (non-hydrogen) atoms. The lowest BCUT2D eigenvalue weighted by Crippen LogP contribution is -1.96. The lowest BCUT2D eigenvalue weighted by molar-refractivity contribution is 0.912. The van der Waals surface area contributed by atoms with E-state index in [9.17, 15) is 0 Å². The summed E-state index contributed by atoms with van der Waals surface area (Å²) in [4.78, 5) is 4.17. The number of nitriles is 1. The van der Waals surface area contributed by atoms with Crippen molar-refractivity contribution in [1.29, 1.82) is 5.26 Å². The van der Waals surface area contributed by atoms with Gasteiger partial charge in [0.1, 0.15) is 11.0 Å². The van der Waals surface area contributed by atoms with Crippen molar-refractivity contribution in [2.45, 2.75) is 19.3 Å². The second kappa shape index (κ2) is 4.91. The fourth-order valence-electron chi connectivity index (χ4n) is 2.42. The Morgan fingerprint density at radius 2 is 2.00 bits per heavy atom. The van der Waals surface area contributed by atoms with Gasteiger partial charge in [-0.25, -0.2) is 4.98 Å². The summed E-state index contributed by atoms with van der Waals surface area (Å²) < 4.78 is 0. The number of hydrogen-bond acceptors (Lipinski definition) is 3. The van der Waals surface area contributed by atoms with Crippen LogP contribution < -0.4 is 5.32 Å². The molecule has 0 unspecified atom stereocenters. The van der Waals surface area contributed by atoms with Gasteiger partial charge < -0.3 is 5.32 Å². The quantitative estimate of drug-likeness (QED) is 0.843. The monoisotopic (exact) mass is 269 g/mol. The number of halogens is 1. The molecular formula is C15H12ClN3. The van der Waals surface area contributed by atoms with Crippen LogP contribution in [0.5, 0.6) is 0 Å². The Kier molecular flexibility index (Phi) is 3.10. The summed E-state index contributed by atoms with van der Waals surface area (Å²) in [5, 5.41) is 12.4. The lowest BCUT2D eigenvalue weighted by Gasteiger charge is -2.08. The SMILES string of the molecule is N#Cc1cc(Cl)nc(Nc2ccc3c(c2)CCC3)c1. The lowest BCUT2D eigenvalue weighted by atomic mass is 10.1. The minimum atomic E-state index is 0.322. The molecule has 0 spiro atoms. The van der Waals surface area contributed by atoms with Gasteiger partial charge in [0.15, 0.2) is 0 Å². The first kappa shape index (κ1) is 12.0. The number of fused-ring (bicyclic) bond motifs is 1. The van der Waals surface area contributed by atoms with Crippen molar-refractivity contribution in [1.82, 2.24) is 4.98 Å². The molecule has 0 saturated heterocycles. The molecule has 2 aromatic rings. The van der Waals surface area contributed by atoms with Crippen LogP contribution in [-0.4, -0.2) is 4.98 Å². The number of aromatic nitrogens is 1. The largest absolute Gasteiger partial charge is 0.340 e. The van der Waals surface area contributed by atoms with Crippen LogP contribution in [0.4, 0.5) is 11.5 Å². The van der Waals surface area contributed by atoms with Gasteiger partial charge >= 0.3 is 0 Å². The van der Waals surface area contributed by atoms with Gasteiger partial charge in [0.2, 0.25) is 0 Å². The number of aryl methyl sites for hydroxylation is 2. The molecule has 1 aliphatic carbocycles. The van der Waals surface area contributed by atoms with Crippen molar-refractivity contribution >= 4 is 23.1 Å². The molecule has 1 heterocycles. The van der Waals surface area contributed by atoms with Crippen LogP contribution in [0.25, 0.3) is 0 Å². The summed E-state index contributed by atoms with van der Waals surface area (Å²) in [7, 11) is 0. The van der Waals surface area contributed by atoms with E-state index in [1.165, 1.54) is 24.0 Å². The van der Waals surface area contributed by atoms with Crippen LogP contribution in [0.15, 0.2) is 30.3 Å². The molecule has 0 aliphatic heterocycles. The molecule has 3 rings (SSSR count). The van der Waals surface area contributed by atoms with E-state index in [1.54, 1.807) is 12.1 Å². The number of pyridine rings is 1. The number of anilines is 2. The molecule has 0 fully saturated rings. The highest BCUT2D eigenvalue weighted by Gasteiger charge is 2.11. The van der Waals surface area contributed by atoms with E-state index in [0.29, 0.717) is 16.5 Å². The molecule has 3 nitrogen and oxygen atoms in total. The minimum Gasteiger partial charge on any atom is -0.340 e. The van der Waals surface area contributed by atoms with E-state index < -0.39 is 0 Å². The Morgan fingerprint density at radius 3 is 2.84 bits per heavy atom. The average Bonchev–Trinajstić information content (AvgIpc) is 2.85. The van der Waals surface area contributed by atoms with Crippen molar-refractivity contribution < 1.29 is 0 Å². The zero-order valence-electron chi connectivity index (χ0n) is 10.3. The van der Waals surface area contributed by atoms with Gasteiger partial charge in [-0.3, -0.25) is 0 Å². The smallest absolute Gasteiger partial charge is 0.133 e. The number of rotatable bonds is 2. The topological polar surface area (TPSA) is 48.7 Å². The van der Waals surface area contributed by atoms with Crippen molar-refractivity contribution in [3.63, 3.8) is 0 Å². The van der Waals surface area contributed by atoms with Crippen LogP contribution >= 0.6 is 11.6 Å². The van der Waals surface area contributed by atoms with Crippen molar-refractivity contribution in [3.05, 3.63) is 52.2 Å². The summed E-state index contributed by atoms with van der Waals surface area (Å²) in [5.74, 6) is 0.599. The van der Waals surface area contributed by atoms with Gasteiger partial charge in [-0.05, 0) is 54.7 Å². The zero-order chi connectivity index (χ0) is 13.2. The van der Waals surface area contributed by atoms with E-state index in [0.717, 1.165) is 12.1 Å². The second-order valence-electron chi connectivity index (χ2n) is 4.64. The normalized spacial score (nSPS) is 12.8. The molecule has 0 amide bonds. The Balaban J connectivity index is 1.89. The third-order valence-corrected chi connectivity index (χ3v) is 3.49. The van der Waals surface area contributed by atoms with Crippen LogP contribution in [0.2, 0.25) is 5.15 Å². The molecule has 0 atom stereocenters. The molecule has 0 bridgehead atoms. The fourth-order valence-corrected chi connectivity index (χ4v) is 2.63. The maximum atomic E-state index is 8.92. The van der Waals surface area contributed by atoms with Gasteiger partial charge in [0.25, 0.3) is 0 Å². The second-order valence-corrected chi connectivity index (χ2v) is 5.02. The molecule has 94 valence electrons. The van der Waals surface area contributed by atoms with Gasteiger partial charge in [-0.15, -0.1) is 0 Å². The molecule has 0 radical (unpaired) electrons. The number of benzene rings is 1. The first-order valence-electron chi connectivity index (χ1n) is 6.21. The highest BCUT2D eigenvalue weighted by Crippen LogP contribution is 2.26. The molecule has 1 aromatic heterocycles. The molecule has 4 heteroatoms. The standard InChI is InChI=1S/C15H12ClN3/c16-14-6-10(9-17)7-15(19-14)18-13-5-4-11-2-1-3-12(11)8-13/h4-8H,1-3H2,(H,18,19). The van der Waals surface area contributed by atoms with Crippen LogP contribution in [0.3, 0.4) is 0 Å².